The number of ether oxygens (including phenoxy) is 1. The van der Waals surface area contributed by atoms with E-state index < -0.39 is 0 Å². The summed E-state index contributed by atoms with van der Waals surface area (Å²) in [6.07, 6.45) is 6.03. The van der Waals surface area contributed by atoms with Gasteiger partial charge in [-0.05, 0) is 118 Å². The molecule has 198 valence electrons. The minimum Gasteiger partial charge on any atom is -0.449 e. The van der Waals surface area contributed by atoms with E-state index in [-0.39, 0.29) is 5.97 Å². The highest BCUT2D eigenvalue weighted by Gasteiger charge is 2.12. The summed E-state index contributed by atoms with van der Waals surface area (Å²) >= 11 is 0. The summed E-state index contributed by atoms with van der Waals surface area (Å²) < 4.78 is 5.54. The first-order valence-corrected chi connectivity index (χ1v) is 12.7. The van der Waals surface area contributed by atoms with Gasteiger partial charge in [0.1, 0.15) is 6.73 Å². The van der Waals surface area contributed by atoms with Crippen molar-refractivity contribution in [3.63, 3.8) is 0 Å². The number of hydrogen-bond donors (Lipinski definition) is 4. The average Bonchev–Trinajstić information content (AvgIpc) is 2.79. The smallest absolute Gasteiger partial charge is 0.321 e. The molecular formula is C23H54N8O2. The molecule has 0 aromatic carbocycles. The zero-order chi connectivity index (χ0) is 24.7. The van der Waals surface area contributed by atoms with Crippen LogP contribution in [-0.2, 0) is 9.53 Å². The molecule has 0 unspecified atom stereocenters. The number of nitrogens with two attached hydrogens (primary N) is 4. The van der Waals surface area contributed by atoms with E-state index in [0.29, 0.717) is 39.5 Å². The number of carbonyl (C=O) groups is 1. The molecule has 0 aliphatic rings. The molecule has 0 atom stereocenters. The Labute approximate surface area is 202 Å². The maximum Gasteiger partial charge on any atom is 0.321 e. The second-order valence-corrected chi connectivity index (χ2v) is 8.96. The highest BCUT2D eigenvalue weighted by atomic mass is 16.5. The highest BCUT2D eigenvalue weighted by molar-refractivity contribution is 5.71. The van der Waals surface area contributed by atoms with Gasteiger partial charge in [-0.1, -0.05) is 0 Å². The molecular weight excluding hydrogens is 420 g/mol. The van der Waals surface area contributed by atoms with E-state index in [0.717, 1.165) is 90.9 Å². The molecule has 0 aromatic heterocycles. The monoisotopic (exact) mass is 474 g/mol. The molecule has 0 rings (SSSR count). The van der Waals surface area contributed by atoms with Gasteiger partial charge in [-0.25, -0.2) is 0 Å². The second kappa shape index (κ2) is 22.9. The molecule has 0 bridgehead atoms. The molecule has 0 fully saturated rings. The summed E-state index contributed by atoms with van der Waals surface area (Å²) in [5, 5.41) is 0. The van der Waals surface area contributed by atoms with E-state index in [1.54, 1.807) is 0 Å². The van der Waals surface area contributed by atoms with Gasteiger partial charge in [-0.3, -0.25) is 14.6 Å². The minimum absolute atomic E-state index is 0.190. The molecule has 10 nitrogen and oxygen atoms in total. The molecule has 0 saturated heterocycles. The SMILES string of the molecule is CN(C)CC(=O)OCN(CCCN(CCCN)CCCN)CCCN(CCCN)CCCN. The predicted octanol–water partition coefficient (Wildman–Crippen LogP) is -0.870. The van der Waals surface area contributed by atoms with E-state index >= 15 is 0 Å². The first-order chi connectivity index (χ1) is 16.0. The lowest BCUT2D eigenvalue weighted by Gasteiger charge is -2.27. The Hall–Kier alpha value is -0.850. The predicted molar refractivity (Wildman–Crippen MR) is 138 cm³/mol. The minimum atomic E-state index is -0.190. The van der Waals surface area contributed by atoms with Crippen molar-refractivity contribution in [2.45, 2.75) is 38.5 Å². The largest absolute Gasteiger partial charge is 0.449 e. The molecule has 0 radical (unpaired) electrons. The van der Waals surface area contributed by atoms with Crippen molar-refractivity contribution in [2.75, 3.05) is 106 Å². The van der Waals surface area contributed by atoms with Crippen molar-refractivity contribution in [3.05, 3.63) is 0 Å². The van der Waals surface area contributed by atoms with Crippen LogP contribution >= 0.6 is 0 Å². The van der Waals surface area contributed by atoms with E-state index in [1.807, 2.05) is 19.0 Å². The van der Waals surface area contributed by atoms with Crippen molar-refractivity contribution in [3.8, 4) is 0 Å². The van der Waals surface area contributed by atoms with Crippen LogP contribution in [0.15, 0.2) is 0 Å². The summed E-state index contributed by atoms with van der Waals surface area (Å²) in [6, 6.07) is 0. The van der Waals surface area contributed by atoms with Gasteiger partial charge in [-0.2, -0.15) is 0 Å². The van der Waals surface area contributed by atoms with Gasteiger partial charge in [0.25, 0.3) is 0 Å². The topological polar surface area (TPSA) is 143 Å². The standard InChI is InChI=1S/C23H54N8O2/c1-28(2)21-23(32)33-22-31(19-7-17-29(13-3-9-24)14-4-10-25)20-8-18-30(15-5-11-26)16-6-12-27/h3-22,24-27H2,1-2H3. The molecule has 0 aromatic rings. The van der Waals surface area contributed by atoms with Gasteiger partial charge in [0.05, 0.1) is 6.54 Å². The number of hydrogen-bond acceptors (Lipinski definition) is 10. The van der Waals surface area contributed by atoms with E-state index in [2.05, 4.69) is 14.7 Å². The van der Waals surface area contributed by atoms with Crippen molar-refractivity contribution in [1.82, 2.24) is 19.6 Å². The summed E-state index contributed by atoms with van der Waals surface area (Å²) in [4.78, 5) is 21.0. The van der Waals surface area contributed by atoms with Crippen LogP contribution in [-0.4, -0.2) is 131 Å². The number of esters is 1. The molecule has 0 aliphatic heterocycles. The Balaban J connectivity index is 4.68. The van der Waals surface area contributed by atoms with Crippen LogP contribution in [0.5, 0.6) is 0 Å². The Morgan fingerprint density at radius 2 is 0.909 bits per heavy atom. The Morgan fingerprint density at radius 1 is 0.576 bits per heavy atom. The van der Waals surface area contributed by atoms with Gasteiger partial charge < -0.3 is 37.5 Å². The molecule has 0 spiro atoms. The summed E-state index contributed by atoms with van der Waals surface area (Å²) in [5.74, 6) is -0.190. The molecule has 0 heterocycles. The molecule has 10 heteroatoms. The Bertz CT molecular complexity index is 401. The molecule has 33 heavy (non-hydrogen) atoms. The zero-order valence-electron chi connectivity index (χ0n) is 21.6. The van der Waals surface area contributed by atoms with Crippen molar-refractivity contribution < 1.29 is 9.53 Å². The molecule has 8 N–H and O–H groups in total. The molecule has 0 amide bonds. The van der Waals surface area contributed by atoms with Crippen LogP contribution in [0.3, 0.4) is 0 Å². The summed E-state index contributed by atoms with van der Waals surface area (Å²) in [7, 11) is 3.74. The fourth-order valence-corrected chi connectivity index (χ4v) is 3.67. The fraction of sp³-hybridized carbons (Fsp3) is 0.957. The van der Waals surface area contributed by atoms with Crippen LogP contribution in [0, 0.1) is 0 Å². The van der Waals surface area contributed by atoms with Crippen molar-refractivity contribution >= 4 is 5.97 Å². The van der Waals surface area contributed by atoms with E-state index in [9.17, 15) is 4.79 Å². The normalized spacial score (nSPS) is 11.9. The van der Waals surface area contributed by atoms with Crippen LogP contribution in [0.1, 0.15) is 38.5 Å². The number of carbonyl (C=O) groups excluding carboxylic acids is 1. The quantitative estimate of drug-likeness (QED) is 0.103. The molecule has 0 saturated carbocycles. The highest BCUT2D eigenvalue weighted by Crippen LogP contribution is 2.03. The lowest BCUT2D eigenvalue weighted by Crippen LogP contribution is -2.37. The van der Waals surface area contributed by atoms with Crippen LogP contribution in [0.4, 0.5) is 0 Å². The number of likely N-dealkylation sites (N-methyl/N-ethyl adjacent to an activating group) is 1. The van der Waals surface area contributed by atoms with Gasteiger partial charge in [-0.15, -0.1) is 0 Å². The van der Waals surface area contributed by atoms with Crippen LogP contribution in [0.25, 0.3) is 0 Å². The fourth-order valence-electron chi connectivity index (χ4n) is 3.67. The zero-order valence-corrected chi connectivity index (χ0v) is 21.6. The van der Waals surface area contributed by atoms with Gasteiger partial charge in [0.15, 0.2) is 0 Å². The van der Waals surface area contributed by atoms with E-state index in [4.69, 9.17) is 27.7 Å². The third-order valence-electron chi connectivity index (χ3n) is 5.46. The lowest BCUT2D eigenvalue weighted by atomic mass is 10.2. The second-order valence-electron chi connectivity index (χ2n) is 8.96. The Kier molecular flexibility index (Phi) is 22.3. The van der Waals surface area contributed by atoms with Gasteiger partial charge in [0, 0.05) is 13.1 Å². The van der Waals surface area contributed by atoms with Crippen LogP contribution < -0.4 is 22.9 Å². The Morgan fingerprint density at radius 3 is 1.24 bits per heavy atom. The van der Waals surface area contributed by atoms with Crippen molar-refractivity contribution in [1.29, 1.82) is 0 Å². The maximum atomic E-state index is 12.0. The third kappa shape index (κ3) is 20.3. The number of rotatable bonds is 24. The first-order valence-electron chi connectivity index (χ1n) is 12.7. The maximum absolute atomic E-state index is 12.0. The average molecular weight is 475 g/mol. The van der Waals surface area contributed by atoms with Gasteiger partial charge in [0.2, 0.25) is 0 Å². The van der Waals surface area contributed by atoms with E-state index in [1.165, 1.54) is 0 Å². The van der Waals surface area contributed by atoms with Crippen molar-refractivity contribution in [2.24, 2.45) is 22.9 Å². The number of nitrogens with zero attached hydrogens (tertiary/aromatic N) is 4. The summed E-state index contributed by atoms with van der Waals surface area (Å²) in [6.45, 7) is 11.3. The molecule has 0 aliphatic carbocycles. The summed E-state index contributed by atoms with van der Waals surface area (Å²) in [5.41, 5.74) is 22.8. The third-order valence-corrected chi connectivity index (χ3v) is 5.46. The van der Waals surface area contributed by atoms with Gasteiger partial charge >= 0.3 is 5.97 Å². The lowest BCUT2D eigenvalue weighted by molar-refractivity contribution is -0.149. The first kappa shape index (κ1) is 32.1. The van der Waals surface area contributed by atoms with Crippen LogP contribution in [0.2, 0.25) is 0 Å².